The van der Waals surface area contributed by atoms with Crippen LogP contribution in [-0.4, -0.2) is 21.7 Å². The second-order valence-corrected chi connectivity index (χ2v) is 10.5. The van der Waals surface area contributed by atoms with Crippen molar-refractivity contribution in [1.29, 1.82) is 0 Å². The van der Waals surface area contributed by atoms with Crippen LogP contribution < -0.4 is 10.1 Å². The number of hydrogen-bond donors (Lipinski definition) is 1. The molecule has 31 heavy (non-hydrogen) atoms. The SMILES string of the molecule is CCC(NC(=O)c1ccn(COc2ccc(Cl)c(C)c2)n1)C12CC3CC(CC(C3)C1)C2. The number of halogens is 1. The second kappa shape index (κ2) is 8.16. The van der Waals surface area contributed by atoms with E-state index < -0.39 is 0 Å². The molecule has 4 bridgehead atoms. The molecule has 1 aromatic heterocycles. The van der Waals surface area contributed by atoms with Gasteiger partial charge in [0.1, 0.15) is 11.4 Å². The summed E-state index contributed by atoms with van der Waals surface area (Å²) in [6, 6.07) is 7.58. The van der Waals surface area contributed by atoms with Gasteiger partial charge in [0.05, 0.1) is 0 Å². The van der Waals surface area contributed by atoms with E-state index in [9.17, 15) is 4.79 Å². The van der Waals surface area contributed by atoms with E-state index in [1.54, 1.807) is 16.9 Å². The average Bonchev–Trinajstić information content (AvgIpc) is 3.21. The molecule has 0 saturated heterocycles. The van der Waals surface area contributed by atoms with Crippen molar-refractivity contribution in [2.24, 2.45) is 23.2 Å². The van der Waals surface area contributed by atoms with Crippen LogP contribution >= 0.6 is 11.6 Å². The summed E-state index contributed by atoms with van der Waals surface area (Å²) in [6.07, 6.45) is 10.9. The minimum absolute atomic E-state index is 0.0660. The Balaban J connectivity index is 1.22. The van der Waals surface area contributed by atoms with Gasteiger partial charge in [-0.1, -0.05) is 18.5 Å². The second-order valence-electron chi connectivity index (χ2n) is 10.1. The summed E-state index contributed by atoms with van der Waals surface area (Å²) in [6.45, 7) is 4.41. The average molecular weight is 442 g/mol. The van der Waals surface area contributed by atoms with Crippen LogP contribution in [0, 0.1) is 30.1 Å². The third-order valence-corrected chi connectivity index (χ3v) is 8.33. The molecular formula is C25H32ClN3O2. The lowest BCUT2D eigenvalue weighted by molar-refractivity contribution is -0.0727. The molecule has 1 unspecified atom stereocenters. The number of nitrogens with zero attached hydrogens (tertiary/aromatic N) is 2. The molecule has 1 N–H and O–H groups in total. The highest BCUT2D eigenvalue weighted by atomic mass is 35.5. The molecule has 1 atom stereocenters. The Kier molecular flexibility index (Phi) is 5.49. The Morgan fingerprint density at radius 1 is 1.23 bits per heavy atom. The largest absolute Gasteiger partial charge is 0.471 e. The first kappa shape index (κ1) is 20.9. The Morgan fingerprint density at radius 3 is 2.52 bits per heavy atom. The van der Waals surface area contributed by atoms with Crippen molar-refractivity contribution in [1.82, 2.24) is 15.1 Å². The van der Waals surface area contributed by atoms with E-state index in [0.29, 0.717) is 11.1 Å². The predicted octanol–water partition coefficient (Wildman–Crippen LogP) is 5.61. The number of aryl methyl sites for hydroxylation is 1. The number of ether oxygens (including phenoxy) is 1. The molecule has 1 heterocycles. The zero-order valence-electron chi connectivity index (χ0n) is 18.4. The third-order valence-electron chi connectivity index (χ3n) is 7.90. The fourth-order valence-corrected chi connectivity index (χ4v) is 7.04. The van der Waals surface area contributed by atoms with Crippen molar-refractivity contribution in [3.8, 4) is 5.75 Å². The Hall–Kier alpha value is -2.01. The highest BCUT2D eigenvalue weighted by molar-refractivity contribution is 6.31. The van der Waals surface area contributed by atoms with Crippen molar-refractivity contribution >= 4 is 17.5 Å². The fourth-order valence-electron chi connectivity index (χ4n) is 6.93. The summed E-state index contributed by atoms with van der Waals surface area (Å²) >= 11 is 6.07. The Bertz CT molecular complexity index is 934. The first-order chi connectivity index (χ1) is 14.9. The lowest BCUT2D eigenvalue weighted by Gasteiger charge is -2.59. The minimum Gasteiger partial charge on any atom is -0.471 e. The zero-order chi connectivity index (χ0) is 21.6. The molecule has 4 aliphatic carbocycles. The summed E-state index contributed by atoms with van der Waals surface area (Å²) < 4.78 is 7.46. The fraction of sp³-hybridized carbons (Fsp3) is 0.600. The van der Waals surface area contributed by atoms with E-state index in [1.807, 2.05) is 25.1 Å². The van der Waals surface area contributed by atoms with Crippen LogP contribution in [0.15, 0.2) is 30.5 Å². The van der Waals surface area contributed by atoms with Crippen LogP contribution in [0.25, 0.3) is 0 Å². The van der Waals surface area contributed by atoms with E-state index in [4.69, 9.17) is 16.3 Å². The molecule has 2 aromatic rings. The number of carbonyl (C=O) groups is 1. The van der Waals surface area contributed by atoms with Gasteiger partial charge in [0.25, 0.3) is 5.91 Å². The van der Waals surface area contributed by atoms with Crippen LogP contribution in [0.1, 0.15) is 67.9 Å². The van der Waals surface area contributed by atoms with Crippen LogP contribution in [-0.2, 0) is 6.73 Å². The molecule has 1 aromatic carbocycles. The summed E-state index contributed by atoms with van der Waals surface area (Å²) in [5.41, 5.74) is 1.73. The van der Waals surface area contributed by atoms with Gasteiger partial charge in [-0.2, -0.15) is 5.10 Å². The van der Waals surface area contributed by atoms with Gasteiger partial charge >= 0.3 is 0 Å². The summed E-state index contributed by atoms with van der Waals surface area (Å²) in [7, 11) is 0. The van der Waals surface area contributed by atoms with Crippen LogP contribution in [0.2, 0.25) is 5.02 Å². The number of benzene rings is 1. The van der Waals surface area contributed by atoms with E-state index >= 15 is 0 Å². The minimum atomic E-state index is -0.0660. The predicted molar refractivity (Wildman–Crippen MR) is 121 cm³/mol. The lowest BCUT2D eigenvalue weighted by Crippen LogP contribution is -2.56. The van der Waals surface area contributed by atoms with Gasteiger partial charge in [0, 0.05) is 17.3 Å². The zero-order valence-corrected chi connectivity index (χ0v) is 19.2. The molecule has 4 aliphatic rings. The molecule has 4 saturated carbocycles. The highest BCUT2D eigenvalue weighted by Crippen LogP contribution is 2.61. The van der Waals surface area contributed by atoms with Gasteiger partial charge in [-0.05, 0) is 105 Å². The van der Waals surface area contributed by atoms with Crippen molar-refractivity contribution in [3.05, 3.63) is 46.7 Å². The number of nitrogens with one attached hydrogen (secondary N) is 1. The maximum Gasteiger partial charge on any atom is 0.272 e. The number of hydrogen-bond acceptors (Lipinski definition) is 3. The third kappa shape index (κ3) is 4.09. The molecule has 166 valence electrons. The summed E-state index contributed by atoms with van der Waals surface area (Å²) in [5.74, 6) is 3.31. The highest BCUT2D eigenvalue weighted by Gasteiger charge is 2.54. The smallest absolute Gasteiger partial charge is 0.272 e. The Labute approximate surface area is 189 Å². The van der Waals surface area contributed by atoms with Gasteiger partial charge < -0.3 is 10.1 Å². The maximum atomic E-state index is 13.0. The summed E-state index contributed by atoms with van der Waals surface area (Å²) in [5, 5.41) is 8.54. The molecule has 4 fully saturated rings. The molecule has 1 amide bonds. The van der Waals surface area contributed by atoms with Crippen LogP contribution in [0.3, 0.4) is 0 Å². The van der Waals surface area contributed by atoms with Gasteiger partial charge in [0.2, 0.25) is 0 Å². The van der Waals surface area contributed by atoms with E-state index in [0.717, 1.165) is 40.5 Å². The first-order valence-electron chi connectivity index (χ1n) is 11.7. The Morgan fingerprint density at radius 2 is 1.90 bits per heavy atom. The van der Waals surface area contributed by atoms with Crippen molar-refractivity contribution < 1.29 is 9.53 Å². The summed E-state index contributed by atoms with van der Waals surface area (Å²) in [4.78, 5) is 13.0. The molecule has 0 aliphatic heterocycles. The molecule has 6 heteroatoms. The molecule has 5 nitrogen and oxygen atoms in total. The quantitative estimate of drug-likeness (QED) is 0.607. The van der Waals surface area contributed by atoms with Crippen LogP contribution in [0.5, 0.6) is 5.75 Å². The topological polar surface area (TPSA) is 56.2 Å². The number of amides is 1. The van der Waals surface area contributed by atoms with Crippen molar-refractivity contribution in [3.63, 3.8) is 0 Å². The van der Waals surface area contributed by atoms with Gasteiger partial charge in [-0.25, -0.2) is 4.68 Å². The number of rotatable bonds is 7. The van der Waals surface area contributed by atoms with Gasteiger partial charge in [-0.3, -0.25) is 4.79 Å². The number of aromatic nitrogens is 2. The molecule has 6 rings (SSSR count). The van der Waals surface area contributed by atoms with Crippen molar-refractivity contribution in [2.45, 2.75) is 71.6 Å². The van der Waals surface area contributed by atoms with Crippen molar-refractivity contribution in [2.75, 3.05) is 0 Å². The van der Waals surface area contributed by atoms with E-state index in [2.05, 4.69) is 17.3 Å². The molecular weight excluding hydrogens is 410 g/mol. The normalized spacial score (nSPS) is 29.7. The molecule has 0 radical (unpaired) electrons. The van der Waals surface area contributed by atoms with Crippen LogP contribution in [0.4, 0.5) is 0 Å². The standard InChI is InChI=1S/C25H32ClN3O2/c1-3-23(25-12-17-9-18(13-25)11-19(10-17)14-25)27-24(30)22-6-7-29(28-22)15-31-20-4-5-21(26)16(2)8-20/h4-8,17-19,23H,3,9-15H2,1-2H3,(H,27,30). The van der Waals surface area contributed by atoms with E-state index in [1.165, 1.54) is 38.5 Å². The van der Waals surface area contributed by atoms with E-state index in [-0.39, 0.29) is 18.7 Å². The van der Waals surface area contributed by atoms with Gasteiger partial charge in [-0.15, -0.1) is 0 Å². The first-order valence-corrected chi connectivity index (χ1v) is 12.0. The monoisotopic (exact) mass is 441 g/mol. The lowest BCUT2D eigenvalue weighted by atomic mass is 9.47. The number of carbonyl (C=O) groups excluding carboxylic acids is 1. The van der Waals surface area contributed by atoms with Gasteiger partial charge in [0.15, 0.2) is 6.73 Å². The molecule has 0 spiro atoms. The maximum absolute atomic E-state index is 13.0.